The van der Waals surface area contributed by atoms with Crippen molar-refractivity contribution < 1.29 is 0 Å². The summed E-state index contributed by atoms with van der Waals surface area (Å²) in [7, 11) is 0. The summed E-state index contributed by atoms with van der Waals surface area (Å²) in [5.74, 6) is 1.69. The molecule has 0 saturated carbocycles. The van der Waals surface area contributed by atoms with Gasteiger partial charge >= 0.3 is 0 Å². The van der Waals surface area contributed by atoms with Crippen LogP contribution >= 0.6 is 0 Å². The Labute approximate surface area is 119 Å². The molecule has 0 heterocycles. The summed E-state index contributed by atoms with van der Waals surface area (Å²) in [6.07, 6.45) is 8.59. The molecule has 0 fully saturated rings. The molecule has 0 saturated heterocycles. The van der Waals surface area contributed by atoms with E-state index >= 15 is 0 Å². The minimum Gasteiger partial charge on any atom is -0.0985 e. The fraction of sp³-hybridized carbons (Fsp3) is 0.579. The van der Waals surface area contributed by atoms with Gasteiger partial charge < -0.3 is 0 Å². The molecule has 1 unspecified atom stereocenters. The number of rotatable bonds is 8. The van der Waals surface area contributed by atoms with Crippen molar-refractivity contribution in [1.82, 2.24) is 0 Å². The van der Waals surface area contributed by atoms with Crippen LogP contribution in [-0.4, -0.2) is 0 Å². The molecular formula is C19H30. The van der Waals surface area contributed by atoms with E-state index in [0.717, 1.165) is 11.8 Å². The van der Waals surface area contributed by atoms with Gasteiger partial charge in [-0.1, -0.05) is 70.9 Å². The van der Waals surface area contributed by atoms with Gasteiger partial charge in [-0.15, -0.1) is 0 Å². The van der Waals surface area contributed by atoms with Crippen molar-refractivity contribution in [3.8, 4) is 0 Å². The zero-order chi connectivity index (χ0) is 14.3. The molecule has 0 heteroatoms. The van der Waals surface area contributed by atoms with Crippen molar-refractivity contribution in [2.24, 2.45) is 11.8 Å². The highest BCUT2D eigenvalue weighted by molar-refractivity contribution is 5.52. The lowest BCUT2D eigenvalue weighted by Gasteiger charge is -2.13. The first kappa shape index (κ1) is 16.0. The van der Waals surface area contributed by atoms with Crippen molar-refractivity contribution in [3.05, 3.63) is 41.5 Å². The largest absolute Gasteiger partial charge is 0.0985 e. The van der Waals surface area contributed by atoms with Crippen molar-refractivity contribution in [2.75, 3.05) is 0 Å². The van der Waals surface area contributed by atoms with Crippen molar-refractivity contribution in [2.45, 2.75) is 59.8 Å². The first-order chi connectivity index (χ1) is 9.02. The molecule has 0 radical (unpaired) electrons. The standard InChI is InChI=1S/C19H30/c1-6-19-14-18(13-11-17(19)5)12-10-16(4)9-7-8-15(2)3/h6,11,13-16H,1,7-10,12H2,2-5H3. The SMILES string of the molecule is C=Cc1cc(CCC(C)CCCC(C)C)ccc1C. The second kappa shape index (κ2) is 8.19. The predicted molar refractivity (Wildman–Crippen MR) is 87.4 cm³/mol. The van der Waals surface area contributed by atoms with E-state index in [1.807, 2.05) is 6.08 Å². The molecule has 0 bridgehead atoms. The molecule has 1 atom stereocenters. The van der Waals surface area contributed by atoms with Crippen molar-refractivity contribution >= 4 is 6.08 Å². The van der Waals surface area contributed by atoms with Crippen LogP contribution in [0.1, 0.15) is 63.1 Å². The zero-order valence-electron chi connectivity index (χ0n) is 13.2. The maximum absolute atomic E-state index is 3.89. The van der Waals surface area contributed by atoms with Crippen molar-refractivity contribution in [1.29, 1.82) is 0 Å². The Kier molecular flexibility index (Phi) is 6.91. The third kappa shape index (κ3) is 6.09. The molecular weight excluding hydrogens is 228 g/mol. The molecule has 19 heavy (non-hydrogen) atoms. The fourth-order valence-corrected chi connectivity index (χ4v) is 2.50. The Balaban J connectivity index is 2.37. The minimum atomic E-state index is 0.840. The van der Waals surface area contributed by atoms with E-state index in [4.69, 9.17) is 0 Å². The third-order valence-electron chi connectivity index (χ3n) is 3.97. The van der Waals surface area contributed by atoms with E-state index in [0.29, 0.717) is 0 Å². The smallest absolute Gasteiger partial charge is 0.0230 e. The summed E-state index contributed by atoms with van der Waals surface area (Å²) >= 11 is 0. The quantitative estimate of drug-likeness (QED) is 0.534. The van der Waals surface area contributed by atoms with Gasteiger partial charge in [0.25, 0.3) is 0 Å². The molecule has 0 aliphatic rings. The van der Waals surface area contributed by atoms with Gasteiger partial charge in [-0.25, -0.2) is 0 Å². The van der Waals surface area contributed by atoms with Crippen LogP contribution in [0.25, 0.3) is 6.08 Å². The highest BCUT2D eigenvalue weighted by Crippen LogP contribution is 2.19. The van der Waals surface area contributed by atoms with Crippen LogP contribution in [0.2, 0.25) is 0 Å². The summed E-state index contributed by atoms with van der Waals surface area (Å²) in [5.41, 5.74) is 4.06. The first-order valence-electron chi connectivity index (χ1n) is 7.75. The summed E-state index contributed by atoms with van der Waals surface area (Å²) in [6, 6.07) is 6.78. The molecule has 106 valence electrons. The second-order valence-corrected chi connectivity index (χ2v) is 6.36. The maximum Gasteiger partial charge on any atom is -0.0230 e. The maximum atomic E-state index is 3.89. The molecule has 0 aliphatic carbocycles. The van der Waals surface area contributed by atoms with Gasteiger partial charge in [0.2, 0.25) is 0 Å². The van der Waals surface area contributed by atoms with Gasteiger partial charge in [0.15, 0.2) is 0 Å². The number of hydrogen-bond donors (Lipinski definition) is 0. The summed E-state index contributed by atoms with van der Waals surface area (Å²) in [6.45, 7) is 13.1. The van der Waals surface area contributed by atoms with E-state index in [9.17, 15) is 0 Å². The van der Waals surface area contributed by atoms with Crippen LogP contribution in [0.15, 0.2) is 24.8 Å². The molecule has 0 amide bonds. The monoisotopic (exact) mass is 258 g/mol. The van der Waals surface area contributed by atoms with Crippen LogP contribution in [0.3, 0.4) is 0 Å². The van der Waals surface area contributed by atoms with E-state index < -0.39 is 0 Å². The topological polar surface area (TPSA) is 0 Å². The Hall–Kier alpha value is -1.04. The number of hydrogen-bond acceptors (Lipinski definition) is 0. The molecule has 1 rings (SSSR count). The predicted octanol–water partition coefficient (Wildman–Crippen LogP) is 6.03. The summed E-state index contributed by atoms with van der Waals surface area (Å²) in [4.78, 5) is 0. The van der Waals surface area contributed by atoms with Gasteiger partial charge in [-0.3, -0.25) is 0 Å². The van der Waals surface area contributed by atoms with E-state index in [1.165, 1.54) is 48.8 Å². The number of benzene rings is 1. The highest BCUT2D eigenvalue weighted by Gasteiger charge is 2.05. The van der Waals surface area contributed by atoms with Gasteiger partial charge in [0, 0.05) is 0 Å². The van der Waals surface area contributed by atoms with Crippen LogP contribution in [0.4, 0.5) is 0 Å². The first-order valence-corrected chi connectivity index (χ1v) is 7.75. The normalized spacial score (nSPS) is 12.7. The van der Waals surface area contributed by atoms with E-state index in [2.05, 4.69) is 52.5 Å². The van der Waals surface area contributed by atoms with Gasteiger partial charge in [0.05, 0.1) is 0 Å². The highest BCUT2D eigenvalue weighted by atomic mass is 14.1. The van der Waals surface area contributed by atoms with Crippen molar-refractivity contribution in [3.63, 3.8) is 0 Å². The molecule has 0 N–H and O–H groups in total. The van der Waals surface area contributed by atoms with Gasteiger partial charge in [-0.2, -0.15) is 0 Å². The average Bonchev–Trinajstić information content (AvgIpc) is 2.37. The van der Waals surface area contributed by atoms with Crippen LogP contribution in [-0.2, 0) is 6.42 Å². The molecule has 0 spiro atoms. The molecule has 0 aromatic heterocycles. The van der Waals surface area contributed by atoms with Gasteiger partial charge in [-0.05, 0) is 48.3 Å². The van der Waals surface area contributed by atoms with Crippen LogP contribution < -0.4 is 0 Å². The van der Waals surface area contributed by atoms with Crippen LogP contribution in [0.5, 0.6) is 0 Å². The zero-order valence-corrected chi connectivity index (χ0v) is 13.2. The summed E-state index contributed by atoms with van der Waals surface area (Å²) in [5, 5.41) is 0. The third-order valence-corrected chi connectivity index (χ3v) is 3.97. The average molecular weight is 258 g/mol. The van der Waals surface area contributed by atoms with E-state index in [1.54, 1.807) is 0 Å². The molecule has 1 aromatic carbocycles. The van der Waals surface area contributed by atoms with Gasteiger partial charge in [0.1, 0.15) is 0 Å². The Morgan fingerprint density at radius 3 is 2.47 bits per heavy atom. The summed E-state index contributed by atoms with van der Waals surface area (Å²) < 4.78 is 0. The lowest BCUT2D eigenvalue weighted by atomic mass is 9.93. The Morgan fingerprint density at radius 1 is 1.11 bits per heavy atom. The molecule has 1 aromatic rings. The lowest BCUT2D eigenvalue weighted by molar-refractivity contribution is 0.437. The lowest BCUT2D eigenvalue weighted by Crippen LogP contribution is -1.99. The minimum absolute atomic E-state index is 0.840. The molecule has 0 nitrogen and oxygen atoms in total. The Bertz CT molecular complexity index is 387. The fourth-order valence-electron chi connectivity index (χ4n) is 2.50. The van der Waals surface area contributed by atoms with E-state index in [-0.39, 0.29) is 0 Å². The van der Waals surface area contributed by atoms with Crippen LogP contribution in [0, 0.1) is 18.8 Å². The number of aryl methyl sites for hydroxylation is 2. The molecule has 0 aliphatic heterocycles. The Morgan fingerprint density at radius 2 is 1.84 bits per heavy atom. The second-order valence-electron chi connectivity index (χ2n) is 6.36.